The zero-order valence-electron chi connectivity index (χ0n) is 12.8. The monoisotopic (exact) mass is 332 g/mol. The zero-order valence-corrected chi connectivity index (χ0v) is 12.8. The average molecular weight is 332 g/mol. The summed E-state index contributed by atoms with van der Waals surface area (Å²) in [5, 5.41) is 0. The molecule has 22 heavy (non-hydrogen) atoms. The Hall–Kier alpha value is -0.430. The highest BCUT2D eigenvalue weighted by molar-refractivity contribution is 4.75. The first kappa shape index (κ1) is 19.6. The minimum absolute atomic E-state index is 0.0983. The van der Waals surface area contributed by atoms with Crippen molar-refractivity contribution >= 4 is 0 Å². The first-order chi connectivity index (χ1) is 10.3. The smallest absolute Gasteiger partial charge is 0.353 e. The van der Waals surface area contributed by atoms with E-state index in [1.165, 1.54) is 0 Å². The molecule has 0 amide bonds. The van der Waals surface area contributed by atoms with E-state index in [0.717, 1.165) is 45.1 Å². The van der Waals surface area contributed by atoms with Gasteiger partial charge in [0.25, 0.3) is 0 Å². The third kappa shape index (κ3) is 7.72. The van der Waals surface area contributed by atoms with Gasteiger partial charge in [0.05, 0.1) is 0 Å². The quantitative estimate of drug-likeness (QED) is 0.391. The number of ether oxygens (including phenoxy) is 2. The predicted octanol–water partition coefficient (Wildman–Crippen LogP) is 5.46. The van der Waals surface area contributed by atoms with Gasteiger partial charge in [0, 0.05) is 19.6 Å². The summed E-state index contributed by atoms with van der Waals surface area (Å²) in [5.74, 6) is -4.55. The summed E-state index contributed by atoms with van der Waals surface area (Å²) in [7, 11) is 0. The van der Waals surface area contributed by atoms with E-state index in [2.05, 4.69) is 0 Å². The fourth-order valence-corrected chi connectivity index (χ4v) is 2.36. The van der Waals surface area contributed by atoms with Crippen molar-refractivity contribution in [2.24, 2.45) is 0 Å². The molecule has 0 aromatic rings. The molecule has 0 aromatic heterocycles. The molecular formula is C15H25F5O2. The minimum Gasteiger partial charge on any atom is -0.353 e. The van der Waals surface area contributed by atoms with Crippen LogP contribution in [0, 0.1) is 0 Å². The maximum absolute atomic E-state index is 12.6. The topological polar surface area (TPSA) is 18.5 Å². The van der Waals surface area contributed by atoms with E-state index in [9.17, 15) is 22.0 Å². The molecule has 1 rings (SSSR count). The third-order valence-corrected chi connectivity index (χ3v) is 3.74. The molecule has 132 valence electrons. The summed E-state index contributed by atoms with van der Waals surface area (Å²) in [6.07, 6.45) is 0.0367. The molecule has 1 aliphatic rings. The lowest BCUT2D eigenvalue weighted by Crippen LogP contribution is -2.36. The van der Waals surface area contributed by atoms with Crippen LogP contribution >= 0.6 is 0 Å². The third-order valence-electron chi connectivity index (χ3n) is 3.74. The largest absolute Gasteiger partial charge is 0.453 e. The standard InChI is InChI=1S/C15H25F5O2/c16-14(17,15(18,19)20)10-6-3-1-2-4-7-11-21-13-9-5-8-12-22-13/h13H,1-12H2. The van der Waals surface area contributed by atoms with Gasteiger partial charge in [0.15, 0.2) is 6.29 Å². The summed E-state index contributed by atoms with van der Waals surface area (Å²) in [4.78, 5) is 0. The molecule has 1 heterocycles. The Bertz CT molecular complexity index is 288. The molecule has 0 bridgehead atoms. The lowest BCUT2D eigenvalue weighted by molar-refractivity contribution is -0.284. The molecule has 7 heteroatoms. The van der Waals surface area contributed by atoms with Crippen molar-refractivity contribution in [2.75, 3.05) is 13.2 Å². The van der Waals surface area contributed by atoms with E-state index in [1.54, 1.807) is 0 Å². The second-order valence-electron chi connectivity index (χ2n) is 5.74. The minimum atomic E-state index is -5.43. The van der Waals surface area contributed by atoms with Crippen molar-refractivity contribution < 1.29 is 31.4 Å². The Kier molecular flexibility index (Phi) is 8.61. The molecule has 2 nitrogen and oxygen atoms in total. The van der Waals surface area contributed by atoms with Crippen LogP contribution in [0.3, 0.4) is 0 Å². The van der Waals surface area contributed by atoms with Gasteiger partial charge < -0.3 is 9.47 Å². The first-order valence-corrected chi connectivity index (χ1v) is 8.01. The van der Waals surface area contributed by atoms with Gasteiger partial charge in [-0.2, -0.15) is 22.0 Å². The lowest BCUT2D eigenvalue weighted by Gasteiger charge is -2.22. The summed E-state index contributed by atoms with van der Waals surface area (Å²) in [5.41, 5.74) is 0. The Morgan fingerprint density at radius 3 is 2.09 bits per heavy atom. The maximum Gasteiger partial charge on any atom is 0.453 e. The Morgan fingerprint density at radius 1 is 0.864 bits per heavy atom. The Balaban J connectivity index is 1.89. The number of hydrogen-bond donors (Lipinski definition) is 0. The number of halogens is 5. The average Bonchev–Trinajstić information content (AvgIpc) is 2.45. The summed E-state index contributed by atoms with van der Waals surface area (Å²) < 4.78 is 72.0. The molecule has 1 unspecified atom stereocenters. The van der Waals surface area contributed by atoms with Crippen LogP contribution in [-0.2, 0) is 9.47 Å². The van der Waals surface area contributed by atoms with Gasteiger partial charge in [-0.3, -0.25) is 0 Å². The number of alkyl halides is 5. The molecule has 0 N–H and O–H groups in total. The Morgan fingerprint density at radius 2 is 1.50 bits per heavy atom. The van der Waals surface area contributed by atoms with Crippen LogP contribution < -0.4 is 0 Å². The molecule has 0 aliphatic carbocycles. The highest BCUT2D eigenvalue weighted by Crippen LogP contribution is 2.39. The summed E-state index contributed by atoms with van der Waals surface area (Å²) in [6, 6.07) is 0. The normalized spacial score (nSPS) is 20.3. The van der Waals surface area contributed by atoms with Gasteiger partial charge in [-0.1, -0.05) is 25.7 Å². The van der Waals surface area contributed by atoms with Crippen molar-refractivity contribution in [3.05, 3.63) is 0 Å². The summed E-state index contributed by atoms with van der Waals surface area (Å²) in [6.45, 7) is 1.35. The Labute approximate surface area is 128 Å². The number of unbranched alkanes of at least 4 members (excludes halogenated alkanes) is 5. The first-order valence-electron chi connectivity index (χ1n) is 8.01. The molecule has 1 saturated heterocycles. The van der Waals surface area contributed by atoms with Crippen LogP contribution in [0.15, 0.2) is 0 Å². The number of rotatable bonds is 10. The van der Waals surface area contributed by atoms with Crippen molar-refractivity contribution in [3.8, 4) is 0 Å². The zero-order chi connectivity index (χ0) is 16.5. The molecule has 1 aliphatic heterocycles. The highest BCUT2D eigenvalue weighted by atomic mass is 19.4. The van der Waals surface area contributed by atoms with Crippen LogP contribution in [0.1, 0.15) is 64.2 Å². The van der Waals surface area contributed by atoms with Crippen LogP contribution in [0.25, 0.3) is 0 Å². The molecule has 0 radical (unpaired) electrons. The van der Waals surface area contributed by atoms with Crippen molar-refractivity contribution in [1.29, 1.82) is 0 Å². The molecule has 1 fully saturated rings. The van der Waals surface area contributed by atoms with Gasteiger partial charge in [0.1, 0.15) is 0 Å². The fourth-order valence-electron chi connectivity index (χ4n) is 2.36. The molecule has 0 saturated carbocycles. The van der Waals surface area contributed by atoms with E-state index in [1.807, 2.05) is 0 Å². The molecule has 1 atom stereocenters. The van der Waals surface area contributed by atoms with E-state index >= 15 is 0 Å². The van der Waals surface area contributed by atoms with Crippen LogP contribution in [0.5, 0.6) is 0 Å². The van der Waals surface area contributed by atoms with E-state index in [4.69, 9.17) is 9.47 Å². The molecule has 0 spiro atoms. The van der Waals surface area contributed by atoms with Gasteiger partial charge in [-0.05, 0) is 32.1 Å². The second kappa shape index (κ2) is 9.65. The van der Waals surface area contributed by atoms with Gasteiger partial charge >= 0.3 is 12.1 Å². The SMILES string of the molecule is FC(F)(F)C(F)(F)CCCCCCCCOC1CCCCO1. The van der Waals surface area contributed by atoms with E-state index in [-0.39, 0.29) is 12.7 Å². The van der Waals surface area contributed by atoms with E-state index in [0.29, 0.717) is 19.4 Å². The van der Waals surface area contributed by atoms with Crippen LogP contribution in [-0.4, -0.2) is 31.6 Å². The summed E-state index contributed by atoms with van der Waals surface area (Å²) >= 11 is 0. The number of hydrogen-bond acceptors (Lipinski definition) is 2. The van der Waals surface area contributed by atoms with Crippen molar-refractivity contribution in [3.63, 3.8) is 0 Å². The maximum atomic E-state index is 12.6. The van der Waals surface area contributed by atoms with E-state index < -0.39 is 18.5 Å². The lowest BCUT2D eigenvalue weighted by atomic mass is 10.1. The van der Waals surface area contributed by atoms with Gasteiger partial charge in [0.2, 0.25) is 0 Å². The molecular weight excluding hydrogens is 307 g/mol. The van der Waals surface area contributed by atoms with Gasteiger partial charge in [-0.15, -0.1) is 0 Å². The molecule has 0 aromatic carbocycles. The van der Waals surface area contributed by atoms with Crippen molar-refractivity contribution in [1.82, 2.24) is 0 Å². The van der Waals surface area contributed by atoms with Crippen LogP contribution in [0.4, 0.5) is 22.0 Å². The highest BCUT2D eigenvalue weighted by Gasteiger charge is 2.56. The predicted molar refractivity (Wildman–Crippen MR) is 72.9 cm³/mol. The second-order valence-corrected chi connectivity index (χ2v) is 5.74. The van der Waals surface area contributed by atoms with Crippen molar-refractivity contribution in [2.45, 2.75) is 82.6 Å². The fraction of sp³-hybridized carbons (Fsp3) is 1.00. The van der Waals surface area contributed by atoms with Crippen LogP contribution in [0.2, 0.25) is 0 Å². The van der Waals surface area contributed by atoms with Gasteiger partial charge in [-0.25, -0.2) is 0 Å².